The van der Waals surface area contributed by atoms with Crippen LogP contribution in [0.15, 0.2) is 54.6 Å². The van der Waals surface area contributed by atoms with Gasteiger partial charge in [-0.2, -0.15) is 0 Å². The topological polar surface area (TPSA) is 76.4 Å². The molecule has 1 saturated heterocycles. The van der Waals surface area contributed by atoms with Gasteiger partial charge in [-0.25, -0.2) is 0 Å². The summed E-state index contributed by atoms with van der Waals surface area (Å²) in [7, 11) is 0. The Labute approximate surface area is 148 Å². The molecule has 0 atom stereocenters. The predicted octanol–water partition coefficient (Wildman–Crippen LogP) is 3.30. The first-order valence-corrected chi connectivity index (χ1v) is 7.76. The van der Waals surface area contributed by atoms with E-state index >= 15 is 0 Å². The molecule has 1 heterocycles. The van der Waals surface area contributed by atoms with Crippen LogP contribution in [0, 0.1) is 0 Å². The van der Waals surface area contributed by atoms with Crippen LogP contribution < -0.4 is 16.4 Å². The molecule has 2 aromatic rings. The number of benzene rings is 2. The first-order chi connectivity index (χ1) is 11.2. The molecule has 1 amide bonds. The van der Waals surface area contributed by atoms with E-state index in [2.05, 4.69) is 10.6 Å². The summed E-state index contributed by atoms with van der Waals surface area (Å²) >= 11 is 0. The highest BCUT2D eigenvalue weighted by Crippen LogP contribution is 2.23. The summed E-state index contributed by atoms with van der Waals surface area (Å²) in [6, 6.07) is 17.5. The predicted molar refractivity (Wildman–Crippen MR) is 99.0 cm³/mol. The highest BCUT2D eigenvalue weighted by molar-refractivity contribution is 5.98. The Kier molecular flexibility index (Phi) is 6.20. The third kappa shape index (κ3) is 4.47. The Morgan fingerprint density at radius 3 is 2.29 bits per heavy atom. The van der Waals surface area contributed by atoms with Crippen LogP contribution in [0.3, 0.4) is 0 Å². The van der Waals surface area contributed by atoms with Gasteiger partial charge in [-0.15, -0.1) is 12.4 Å². The summed E-state index contributed by atoms with van der Waals surface area (Å²) in [5, 5.41) is 6.22. The Balaban J connectivity index is 0.00000208. The first kappa shape index (κ1) is 18.3. The molecule has 0 spiro atoms. The van der Waals surface area contributed by atoms with Gasteiger partial charge in [0.2, 0.25) is 5.91 Å². The molecule has 3 rings (SSSR count). The second-order valence-corrected chi connectivity index (χ2v) is 5.79. The quantitative estimate of drug-likeness (QED) is 0.793. The molecule has 0 aliphatic carbocycles. The molecule has 4 N–H and O–H groups in total. The Morgan fingerprint density at radius 2 is 1.58 bits per heavy atom. The van der Waals surface area contributed by atoms with Crippen molar-refractivity contribution in [2.45, 2.75) is 18.4 Å². The van der Waals surface area contributed by atoms with Crippen molar-refractivity contribution in [2.75, 3.05) is 23.8 Å². The van der Waals surface area contributed by atoms with Gasteiger partial charge in [-0.05, 0) is 43.2 Å². The summed E-state index contributed by atoms with van der Waals surface area (Å²) in [5.74, 6) is -0.155. The van der Waals surface area contributed by atoms with E-state index in [-0.39, 0.29) is 18.3 Å². The van der Waals surface area contributed by atoms with Crippen molar-refractivity contribution < 1.29 is 9.53 Å². The highest BCUT2D eigenvalue weighted by atomic mass is 35.5. The van der Waals surface area contributed by atoms with E-state index < -0.39 is 5.54 Å². The zero-order chi connectivity index (χ0) is 16.1. The zero-order valence-corrected chi connectivity index (χ0v) is 14.1. The van der Waals surface area contributed by atoms with Gasteiger partial charge in [-0.3, -0.25) is 4.79 Å². The van der Waals surface area contributed by atoms with Crippen LogP contribution in [-0.2, 0) is 9.53 Å². The lowest BCUT2D eigenvalue weighted by molar-refractivity contribution is -0.124. The molecule has 0 saturated carbocycles. The van der Waals surface area contributed by atoms with Crippen molar-refractivity contribution >= 4 is 35.4 Å². The molecule has 5 nitrogen and oxygen atoms in total. The fourth-order valence-corrected chi connectivity index (χ4v) is 2.58. The third-order valence-electron chi connectivity index (χ3n) is 4.02. The van der Waals surface area contributed by atoms with Gasteiger partial charge < -0.3 is 21.1 Å². The number of anilines is 3. The van der Waals surface area contributed by atoms with E-state index in [9.17, 15) is 4.79 Å². The molecule has 1 aliphatic rings. The van der Waals surface area contributed by atoms with E-state index in [1.807, 2.05) is 54.6 Å². The van der Waals surface area contributed by atoms with Crippen LogP contribution in [0.4, 0.5) is 17.1 Å². The van der Waals surface area contributed by atoms with Crippen LogP contribution in [-0.4, -0.2) is 24.7 Å². The Morgan fingerprint density at radius 1 is 0.958 bits per heavy atom. The fraction of sp³-hybridized carbons (Fsp3) is 0.278. The lowest BCUT2D eigenvalue weighted by atomic mass is 9.90. The van der Waals surface area contributed by atoms with Gasteiger partial charge in [0, 0.05) is 30.3 Å². The Bertz CT molecular complexity index is 673. The van der Waals surface area contributed by atoms with Crippen molar-refractivity contribution in [1.29, 1.82) is 0 Å². The number of hydrogen-bond acceptors (Lipinski definition) is 4. The van der Waals surface area contributed by atoms with E-state index in [4.69, 9.17) is 10.5 Å². The van der Waals surface area contributed by atoms with E-state index in [0.717, 1.165) is 17.1 Å². The number of hydrogen-bond donors (Lipinski definition) is 3. The van der Waals surface area contributed by atoms with E-state index in [1.54, 1.807) is 0 Å². The molecular weight excluding hydrogens is 326 g/mol. The number of carbonyl (C=O) groups excluding carboxylic acids is 1. The van der Waals surface area contributed by atoms with E-state index in [1.165, 1.54) is 0 Å². The van der Waals surface area contributed by atoms with Gasteiger partial charge in [0.15, 0.2) is 0 Å². The van der Waals surface area contributed by atoms with Gasteiger partial charge in [0.25, 0.3) is 0 Å². The third-order valence-corrected chi connectivity index (χ3v) is 4.02. The molecule has 1 fully saturated rings. The minimum atomic E-state index is -0.846. The molecule has 0 unspecified atom stereocenters. The van der Waals surface area contributed by atoms with Crippen LogP contribution in [0.1, 0.15) is 12.8 Å². The smallest absolute Gasteiger partial charge is 0.244 e. The number of halogens is 1. The summed E-state index contributed by atoms with van der Waals surface area (Å²) in [5.41, 5.74) is 7.99. The van der Waals surface area contributed by atoms with Crippen molar-refractivity contribution in [2.24, 2.45) is 5.73 Å². The number of rotatable bonds is 4. The highest BCUT2D eigenvalue weighted by Gasteiger charge is 2.35. The minimum absolute atomic E-state index is 0. The van der Waals surface area contributed by atoms with Crippen LogP contribution in [0.2, 0.25) is 0 Å². The van der Waals surface area contributed by atoms with Crippen LogP contribution in [0.5, 0.6) is 0 Å². The van der Waals surface area contributed by atoms with Crippen molar-refractivity contribution in [3.8, 4) is 0 Å². The lowest BCUT2D eigenvalue weighted by Crippen LogP contribution is -2.54. The van der Waals surface area contributed by atoms with Gasteiger partial charge in [0.1, 0.15) is 5.54 Å². The Hall–Kier alpha value is -2.08. The number of nitrogens with two attached hydrogens (primary N) is 1. The fourth-order valence-electron chi connectivity index (χ4n) is 2.58. The van der Waals surface area contributed by atoms with Gasteiger partial charge in [0.05, 0.1) is 0 Å². The molecule has 24 heavy (non-hydrogen) atoms. The maximum Gasteiger partial charge on any atom is 0.244 e. The summed E-state index contributed by atoms with van der Waals surface area (Å²) in [4.78, 5) is 12.4. The first-order valence-electron chi connectivity index (χ1n) is 7.76. The molecule has 0 aromatic heterocycles. The molecule has 128 valence electrons. The van der Waals surface area contributed by atoms with Crippen LogP contribution in [0.25, 0.3) is 0 Å². The van der Waals surface area contributed by atoms with Gasteiger partial charge >= 0.3 is 0 Å². The second-order valence-electron chi connectivity index (χ2n) is 5.79. The SMILES string of the molecule is Cl.NC1(C(=O)Nc2cccc(Nc3ccccc3)c2)CCOCC1. The maximum atomic E-state index is 12.4. The van der Waals surface area contributed by atoms with E-state index in [0.29, 0.717) is 26.1 Å². The molecule has 0 bridgehead atoms. The number of amides is 1. The number of carbonyl (C=O) groups is 1. The summed E-state index contributed by atoms with van der Waals surface area (Å²) in [6.45, 7) is 1.05. The number of para-hydroxylation sites is 1. The maximum absolute atomic E-state index is 12.4. The summed E-state index contributed by atoms with van der Waals surface area (Å²) < 4.78 is 5.28. The largest absolute Gasteiger partial charge is 0.381 e. The summed E-state index contributed by atoms with van der Waals surface area (Å²) in [6.07, 6.45) is 1.08. The average Bonchev–Trinajstić information content (AvgIpc) is 2.57. The normalized spacial score (nSPS) is 15.9. The second kappa shape index (κ2) is 8.15. The minimum Gasteiger partial charge on any atom is -0.381 e. The van der Waals surface area contributed by atoms with Crippen molar-refractivity contribution in [3.05, 3.63) is 54.6 Å². The molecule has 0 radical (unpaired) electrons. The molecule has 6 heteroatoms. The molecular formula is C18H22ClN3O2. The number of nitrogens with one attached hydrogen (secondary N) is 2. The average molecular weight is 348 g/mol. The lowest BCUT2D eigenvalue weighted by Gasteiger charge is -2.31. The van der Waals surface area contributed by atoms with Crippen molar-refractivity contribution in [3.63, 3.8) is 0 Å². The standard InChI is InChI=1S/C18H21N3O2.ClH/c19-18(9-11-23-12-10-18)17(22)21-16-8-4-7-15(13-16)20-14-5-2-1-3-6-14;/h1-8,13,20H,9-12,19H2,(H,21,22);1H. The van der Waals surface area contributed by atoms with Crippen LogP contribution >= 0.6 is 12.4 Å². The monoisotopic (exact) mass is 347 g/mol. The van der Waals surface area contributed by atoms with Gasteiger partial charge in [-0.1, -0.05) is 24.3 Å². The zero-order valence-electron chi connectivity index (χ0n) is 13.3. The molecule has 2 aromatic carbocycles. The number of ether oxygens (including phenoxy) is 1. The molecule has 1 aliphatic heterocycles. The van der Waals surface area contributed by atoms with Crippen molar-refractivity contribution in [1.82, 2.24) is 0 Å².